The third kappa shape index (κ3) is 2.53. The van der Waals surface area contributed by atoms with Crippen LogP contribution in [0.2, 0.25) is 0 Å². The molecule has 3 N–H and O–H groups in total. The summed E-state index contributed by atoms with van der Waals surface area (Å²) >= 11 is 0. The number of nitrogens with one attached hydrogen (secondary N) is 1. The van der Waals surface area contributed by atoms with Crippen LogP contribution >= 0.6 is 0 Å². The number of aromatic nitrogens is 3. The molecule has 0 unspecified atom stereocenters. The summed E-state index contributed by atoms with van der Waals surface area (Å²) in [6.07, 6.45) is 4.97. The van der Waals surface area contributed by atoms with Crippen molar-refractivity contribution in [1.82, 2.24) is 14.4 Å². The molecule has 0 fully saturated rings. The molecular weight excluding hydrogens is 273 g/mol. The molecule has 0 aliphatic heterocycles. The molecule has 3 rings (SSSR count). The number of imidazole rings is 1. The van der Waals surface area contributed by atoms with E-state index in [0.29, 0.717) is 17.0 Å². The van der Waals surface area contributed by atoms with Crippen molar-refractivity contribution in [3.8, 4) is 11.1 Å². The Morgan fingerprint density at radius 3 is 2.86 bits per heavy atom. The molecule has 3 aromatic heterocycles. The van der Waals surface area contributed by atoms with Gasteiger partial charge in [-0.15, -0.1) is 0 Å². The van der Waals surface area contributed by atoms with E-state index in [-0.39, 0.29) is 11.7 Å². The molecule has 3 aromatic rings. The van der Waals surface area contributed by atoms with Crippen molar-refractivity contribution >= 4 is 23.2 Å². The number of carbonyl (C=O) groups is 1. The number of carbonyl (C=O) groups excluding carboxylic acids is 1. The largest absolute Gasteiger partial charge is 0.381 e. The van der Waals surface area contributed by atoms with Gasteiger partial charge >= 0.3 is 0 Å². The van der Waals surface area contributed by atoms with E-state index in [2.05, 4.69) is 15.3 Å². The van der Waals surface area contributed by atoms with Crippen LogP contribution in [0.25, 0.3) is 16.8 Å². The molecule has 0 spiro atoms. The van der Waals surface area contributed by atoms with Gasteiger partial charge in [0.15, 0.2) is 17.5 Å². The number of hydrogen-bond donors (Lipinski definition) is 2. The summed E-state index contributed by atoms with van der Waals surface area (Å²) in [5, 5.41) is 2.61. The lowest BCUT2D eigenvalue weighted by Crippen LogP contribution is -2.05. The van der Waals surface area contributed by atoms with Crippen LogP contribution in [0.3, 0.4) is 0 Å². The van der Waals surface area contributed by atoms with Gasteiger partial charge in [-0.05, 0) is 18.2 Å². The molecule has 0 aromatic carbocycles. The first-order valence-electron chi connectivity index (χ1n) is 6.20. The lowest BCUT2D eigenvalue weighted by Gasteiger charge is -2.03. The Bertz CT molecular complexity index is 842. The molecule has 6 nitrogen and oxygen atoms in total. The predicted molar refractivity (Wildman–Crippen MR) is 77.1 cm³/mol. The summed E-state index contributed by atoms with van der Waals surface area (Å²) in [6.45, 7) is 1.41. The standard InChI is InChI=1S/C14H12FN5O/c1-8(21)18-12-7-20-6-9(2-3-13(20)19-12)10-4-11(15)14(16)17-5-10/h2-7H,1H3,(H2,16,17)(H,18,21). The average molecular weight is 285 g/mol. The van der Waals surface area contributed by atoms with Crippen LogP contribution in [0.1, 0.15) is 6.92 Å². The zero-order chi connectivity index (χ0) is 15.0. The maximum atomic E-state index is 13.5. The van der Waals surface area contributed by atoms with Crippen molar-refractivity contribution in [2.45, 2.75) is 6.92 Å². The van der Waals surface area contributed by atoms with Crippen molar-refractivity contribution in [2.24, 2.45) is 0 Å². The van der Waals surface area contributed by atoms with Crippen LogP contribution in [0.5, 0.6) is 0 Å². The van der Waals surface area contributed by atoms with Gasteiger partial charge in [-0.25, -0.2) is 14.4 Å². The molecule has 0 saturated heterocycles. The Morgan fingerprint density at radius 2 is 2.14 bits per heavy atom. The van der Waals surface area contributed by atoms with Crippen LogP contribution in [-0.4, -0.2) is 20.3 Å². The van der Waals surface area contributed by atoms with Crippen molar-refractivity contribution in [3.63, 3.8) is 0 Å². The van der Waals surface area contributed by atoms with Crippen molar-refractivity contribution in [3.05, 3.63) is 42.6 Å². The molecule has 0 aliphatic rings. The van der Waals surface area contributed by atoms with Crippen LogP contribution in [-0.2, 0) is 4.79 Å². The van der Waals surface area contributed by atoms with Gasteiger partial charge in [0.2, 0.25) is 5.91 Å². The van der Waals surface area contributed by atoms with E-state index in [0.717, 1.165) is 5.56 Å². The van der Waals surface area contributed by atoms with E-state index in [1.807, 2.05) is 0 Å². The topological polar surface area (TPSA) is 85.3 Å². The molecule has 0 bridgehead atoms. The summed E-state index contributed by atoms with van der Waals surface area (Å²) in [7, 11) is 0. The minimum atomic E-state index is -0.558. The maximum absolute atomic E-state index is 13.5. The average Bonchev–Trinajstić information content (AvgIpc) is 2.82. The number of nitrogen functional groups attached to an aromatic ring is 1. The number of nitrogens with zero attached hydrogens (tertiary/aromatic N) is 3. The Morgan fingerprint density at radius 1 is 1.33 bits per heavy atom. The minimum Gasteiger partial charge on any atom is -0.381 e. The minimum absolute atomic E-state index is 0.129. The molecule has 0 aliphatic carbocycles. The highest BCUT2D eigenvalue weighted by Crippen LogP contribution is 2.22. The first-order valence-corrected chi connectivity index (χ1v) is 6.20. The highest BCUT2D eigenvalue weighted by atomic mass is 19.1. The van der Waals surface area contributed by atoms with E-state index < -0.39 is 5.82 Å². The number of pyridine rings is 2. The fourth-order valence-electron chi connectivity index (χ4n) is 2.01. The van der Waals surface area contributed by atoms with Gasteiger partial charge in [-0.3, -0.25) is 4.79 Å². The second kappa shape index (κ2) is 4.86. The van der Waals surface area contributed by atoms with Gasteiger partial charge in [0, 0.05) is 30.4 Å². The number of amides is 1. The molecule has 0 radical (unpaired) electrons. The number of anilines is 2. The number of rotatable bonds is 2. The van der Waals surface area contributed by atoms with Crippen LogP contribution in [0.4, 0.5) is 16.0 Å². The second-order valence-corrected chi connectivity index (χ2v) is 4.58. The fraction of sp³-hybridized carbons (Fsp3) is 0.0714. The van der Waals surface area contributed by atoms with Gasteiger partial charge < -0.3 is 15.5 Å². The number of hydrogen-bond acceptors (Lipinski definition) is 4. The summed E-state index contributed by atoms with van der Waals surface area (Å²) in [5.74, 6) is -0.419. The molecule has 21 heavy (non-hydrogen) atoms. The maximum Gasteiger partial charge on any atom is 0.222 e. The summed E-state index contributed by atoms with van der Waals surface area (Å²) < 4.78 is 15.2. The quantitative estimate of drug-likeness (QED) is 0.755. The molecular formula is C14H12FN5O. The highest BCUT2D eigenvalue weighted by molar-refractivity contribution is 5.87. The molecule has 1 amide bonds. The Labute approximate surface area is 119 Å². The lowest BCUT2D eigenvalue weighted by molar-refractivity contribution is -0.114. The van der Waals surface area contributed by atoms with E-state index >= 15 is 0 Å². The van der Waals surface area contributed by atoms with Crippen LogP contribution in [0, 0.1) is 5.82 Å². The van der Waals surface area contributed by atoms with Crippen LogP contribution in [0.15, 0.2) is 36.8 Å². The molecule has 7 heteroatoms. The normalized spacial score (nSPS) is 10.8. The van der Waals surface area contributed by atoms with Crippen molar-refractivity contribution in [2.75, 3.05) is 11.1 Å². The first-order chi connectivity index (χ1) is 10.0. The van der Waals surface area contributed by atoms with E-state index in [4.69, 9.17) is 5.73 Å². The first kappa shape index (κ1) is 13.0. The third-order valence-corrected chi connectivity index (χ3v) is 2.96. The van der Waals surface area contributed by atoms with Gasteiger partial charge in [-0.1, -0.05) is 0 Å². The van der Waals surface area contributed by atoms with Crippen molar-refractivity contribution < 1.29 is 9.18 Å². The number of nitrogens with two attached hydrogens (primary N) is 1. The predicted octanol–water partition coefficient (Wildman–Crippen LogP) is 2.08. The molecule has 0 saturated carbocycles. The van der Waals surface area contributed by atoms with Gasteiger partial charge in [0.05, 0.1) is 6.20 Å². The smallest absolute Gasteiger partial charge is 0.222 e. The number of halogens is 1. The second-order valence-electron chi connectivity index (χ2n) is 4.58. The SMILES string of the molecule is CC(=O)Nc1cn2cc(-c3cnc(N)c(F)c3)ccc2n1. The number of fused-ring (bicyclic) bond motifs is 1. The Hall–Kier alpha value is -2.96. The highest BCUT2D eigenvalue weighted by Gasteiger charge is 2.07. The zero-order valence-electron chi connectivity index (χ0n) is 11.2. The van der Waals surface area contributed by atoms with E-state index in [1.54, 1.807) is 28.9 Å². The monoisotopic (exact) mass is 285 g/mol. The van der Waals surface area contributed by atoms with E-state index in [9.17, 15) is 9.18 Å². The summed E-state index contributed by atoms with van der Waals surface area (Å²) in [4.78, 5) is 19.1. The van der Waals surface area contributed by atoms with E-state index in [1.165, 1.54) is 19.2 Å². The molecule has 0 atom stereocenters. The van der Waals surface area contributed by atoms with Gasteiger partial charge in [-0.2, -0.15) is 0 Å². The molecule has 106 valence electrons. The van der Waals surface area contributed by atoms with Crippen LogP contribution < -0.4 is 11.1 Å². The zero-order valence-corrected chi connectivity index (χ0v) is 11.2. The fourth-order valence-corrected chi connectivity index (χ4v) is 2.01. The Balaban J connectivity index is 2.03. The Kier molecular flexibility index (Phi) is 3.02. The van der Waals surface area contributed by atoms with Gasteiger partial charge in [0.1, 0.15) is 5.65 Å². The third-order valence-electron chi connectivity index (χ3n) is 2.96. The lowest BCUT2D eigenvalue weighted by atomic mass is 10.1. The van der Waals surface area contributed by atoms with Gasteiger partial charge in [0.25, 0.3) is 0 Å². The molecule has 3 heterocycles. The summed E-state index contributed by atoms with van der Waals surface area (Å²) in [6, 6.07) is 4.90. The van der Waals surface area contributed by atoms with Crippen molar-refractivity contribution in [1.29, 1.82) is 0 Å². The summed E-state index contributed by atoms with van der Waals surface area (Å²) in [5.41, 5.74) is 7.41.